The number of rotatable bonds is 7. The maximum absolute atomic E-state index is 9.78. The van der Waals surface area contributed by atoms with Gasteiger partial charge in [-0.3, -0.25) is 4.57 Å². The van der Waals surface area contributed by atoms with Crippen LogP contribution in [0.15, 0.2) is 76.5 Å². The van der Waals surface area contributed by atoms with Crippen LogP contribution >= 0.6 is 11.8 Å². The Labute approximate surface area is 180 Å². The molecule has 0 spiro atoms. The molecule has 0 saturated carbocycles. The van der Waals surface area contributed by atoms with Crippen molar-refractivity contribution < 1.29 is 4.42 Å². The minimum Gasteiger partial charge on any atom is -0.469 e. The summed E-state index contributed by atoms with van der Waals surface area (Å²) in [7, 11) is 0. The smallest absolute Gasteiger partial charge is 0.193 e. The lowest BCUT2D eigenvalue weighted by Crippen LogP contribution is -2.09. The second-order valence-electron chi connectivity index (χ2n) is 7.19. The van der Waals surface area contributed by atoms with Crippen LogP contribution in [0.25, 0.3) is 11.4 Å². The Morgan fingerprint density at radius 2 is 1.77 bits per heavy atom. The third-order valence-electron chi connectivity index (χ3n) is 4.93. The molecule has 0 saturated heterocycles. The van der Waals surface area contributed by atoms with E-state index in [1.807, 2.05) is 31.2 Å². The molecule has 2 aromatic carbocycles. The molecule has 0 aliphatic rings. The molecule has 0 bridgehead atoms. The molecule has 2 heterocycles. The van der Waals surface area contributed by atoms with Gasteiger partial charge < -0.3 is 4.42 Å². The summed E-state index contributed by atoms with van der Waals surface area (Å²) >= 11 is 1.46. The molecule has 5 nitrogen and oxygen atoms in total. The van der Waals surface area contributed by atoms with Gasteiger partial charge in [-0.25, -0.2) is 0 Å². The topological polar surface area (TPSA) is 67.6 Å². The lowest BCUT2D eigenvalue weighted by atomic mass is 10.1. The number of furan rings is 1. The van der Waals surface area contributed by atoms with Gasteiger partial charge in [0.1, 0.15) is 11.0 Å². The van der Waals surface area contributed by atoms with Crippen LogP contribution in [0, 0.1) is 25.2 Å². The van der Waals surface area contributed by atoms with E-state index < -0.39 is 0 Å². The van der Waals surface area contributed by atoms with Gasteiger partial charge in [-0.15, -0.1) is 10.2 Å². The maximum atomic E-state index is 9.78. The summed E-state index contributed by atoms with van der Waals surface area (Å²) in [6.45, 7) is 4.60. The van der Waals surface area contributed by atoms with Crippen molar-refractivity contribution in [3.63, 3.8) is 0 Å². The molecule has 0 N–H and O–H groups in total. The number of nitriles is 1. The highest BCUT2D eigenvalue weighted by molar-refractivity contribution is 8.00. The molecule has 1 atom stereocenters. The van der Waals surface area contributed by atoms with Crippen LogP contribution in [0.1, 0.15) is 22.5 Å². The third-order valence-corrected chi connectivity index (χ3v) is 6.00. The van der Waals surface area contributed by atoms with Crippen molar-refractivity contribution in [2.75, 3.05) is 0 Å². The number of benzene rings is 2. The van der Waals surface area contributed by atoms with Crippen LogP contribution in [0.5, 0.6) is 0 Å². The van der Waals surface area contributed by atoms with Crippen molar-refractivity contribution in [1.82, 2.24) is 14.8 Å². The van der Waals surface area contributed by atoms with Crippen molar-refractivity contribution in [2.45, 2.75) is 37.2 Å². The summed E-state index contributed by atoms with van der Waals surface area (Å²) in [6.07, 6.45) is 2.31. The van der Waals surface area contributed by atoms with Crippen LogP contribution in [-0.4, -0.2) is 20.0 Å². The normalized spacial score (nSPS) is 11.9. The van der Waals surface area contributed by atoms with E-state index in [1.54, 1.807) is 6.26 Å². The van der Waals surface area contributed by atoms with Crippen LogP contribution in [-0.2, 0) is 13.0 Å². The first-order valence-electron chi connectivity index (χ1n) is 9.77. The first kappa shape index (κ1) is 20.0. The molecule has 1 unspecified atom stereocenters. The molecular formula is C24H22N4OS. The molecule has 4 rings (SSSR count). The van der Waals surface area contributed by atoms with Gasteiger partial charge in [0.15, 0.2) is 11.0 Å². The number of aryl methyl sites for hydroxylation is 2. The summed E-state index contributed by atoms with van der Waals surface area (Å²) in [5.41, 5.74) is 4.41. The Balaban J connectivity index is 1.64. The highest BCUT2D eigenvalue weighted by Gasteiger charge is 2.21. The minimum absolute atomic E-state index is 0.260. The predicted octanol–water partition coefficient (Wildman–Crippen LogP) is 5.43. The van der Waals surface area contributed by atoms with Crippen LogP contribution in [0.2, 0.25) is 0 Å². The zero-order chi connectivity index (χ0) is 20.9. The van der Waals surface area contributed by atoms with Gasteiger partial charge in [0.25, 0.3) is 0 Å². The summed E-state index contributed by atoms with van der Waals surface area (Å²) in [6, 6.07) is 22.8. The zero-order valence-electron chi connectivity index (χ0n) is 16.9. The third kappa shape index (κ3) is 4.47. The first-order valence-corrected chi connectivity index (χ1v) is 10.7. The molecule has 0 fully saturated rings. The van der Waals surface area contributed by atoms with Crippen molar-refractivity contribution in [3.05, 3.63) is 89.4 Å². The van der Waals surface area contributed by atoms with Crippen LogP contribution in [0.4, 0.5) is 0 Å². The largest absolute Gasteiger partial charge is 0.469 e. The van der Waals surface area contributed by atoms with Gasteiger partial charge >= 0.3 is 0 Å². The quantitative estimate of drug-likeness (QED) is 0.377. The Morgan fingerprint density at radius 3 is 2.43 bits per heavy atom. The molecular weight excluding hydrogens is 392 g/mol. The Bertz CT molecular complexity index is 1160. The summed E-state index contributed by atoms with van der Waals surface area (Å²) in [4.78, 5) is 0. The fourth-order valence-corrected chi connectivity index (χ4v) is 4.23. The lowest BCUT2D eigenvalue weighted by Gasteiger charge is -2.12. The SMILES string of the molecule is Cc1ccc(CC(C#N)Sc2nnc(-c3ccoc3C)n2Cc2ccccc2)cc1. The van der Waals surface area contributed by atoms with E-state index in [1.165, 1.54) is 17.3 Å². The van der Waals surface area contributed by atoms with Crippen LogP contribution < -0.4 is 0 Å². The second-order valence-corrected chi connectivity index (χ2v) is 8.36. The predicted molar refractivity (Wildman–Crippen MR) is 118 cm³/mol. The van der Waals surface area contributed by atoms with E-state index in [4.69, 9.17) is 4.42 Å². The average Bonchev–Trinajstić information content (AvgIpc) is 3.35. The standard InChI is InChI=1S/C24H22N4OS/c1-17-8-10-19(11-9-17)14-21(15-25)30-24-27-26-23(22-12-13-29-18(22)2)28(24)16-20-6-4-3-5-7-20/h3-13,21H,14,16H2,1-2H3. The number of aromatic nitrogens is 3. The fourth-order valence-electron chi connectivity index (χ4n) is 3.28. The fraction of sp³-hybridized carbons (Fsp3) is 0.208. The van der Waals surface area contributed by atoms with E-state index in [2.05, 4.69) is 64.2 Å². The van der Waals surface area contributed by atoms with Gasteiger partial charge in [-0.05, 0) is 37.5 Å². The number of hydrogen-bond donors (Lipinski definition) is 0. The van der Waals surface area contributed by atoms with E-state index in [0.717, 1.165) is 33.4 Å². The van der Waals surface area contributed by atoms with Crippen molar-refractivity contribution in [1.29, 1.82) is 5.26 Å². The molecule has 4 aromatic rings. The van der Waals surface area contributed by atoms with Crippen LogP contribution in [0.3, 0.4) is 0 Å². The summed E-state index contributed by atoms with van der Waals surface area (Å²) in [5.74, 6) is 1.55. The van der Waals surface area contributed by atoms with Gasteiger partial charge in [-0.2, -0.15) is 5.26 Å². The Hall–Kier alpha value is -3.30. The summed E-state index contributed by atoms with van der Waals surface area (Å²) in [5, 5.41) is 19.1. The van der Waals surface area contributed by atoms with Gasteiger partial charge in [0.2, 0.25) is 0 Å². The van der Waals surface area contributed by atoms with Crippen molar-refractivity contribution in [2.24, 2.45) is 0 Å². The zero-order valence-corrected chi connectivity index (χ0v) is 17.8. The molecule has 0 aliphatic heterocycles. The molecule has 0 aliphatic carbocycles. The number of nitrogens with zero attached hydrogens (tertiary/aromatic N) is 4. The average molecular weight is 415 g/mol. The highest BCUT2D eigenvalue weighted by Crippen LogP contribution is 2.30. The second kappa shape index (κ2) is 9.02. The van der Waals surface area contributed by atoms with Gasteiger partial charge in [0, 0.05) is 0 Å². The lowest BCUT2D eigenvalue weighted by molar-refractivity contribution is 0.534. The molecule has 6 heteroatoms. The molecule has 0 amide bonds. The van der Waals surface area contributed by atoms with E-state index in [9.17, 15) is 5.26 Å². The van der Waals surface area contributed by atoms with Crippen molar-refractivity contribution >= 4 is 11.8 Å². The molecule has 30 heavy (non-hydrogen) atoms. The summed E-state index contributed by atoms with van der Waals surface area (Å²) < 4.78 is 7.55. The van der Waals surface area contributed by atoms with E-state index >= 15 is 0 Å². The molecule has 2 aromatic heterocycles. The van der Waals surface area contributed by atoms with E-state index in [0.29, 0.717) is 13.0 Å². The number of thioether (sulfide) groups is 1. The Kier molecular flexibility index (Phi) is 6.01. The van der Waals surface area contributed by atoms with E-state index in [-0.39, 0.29) is 5.25 Å². The molecule has 150 valence electrons. The maximum Gasteiger partial charge on any atom is 0.193 e. The first-order chi connectivity index (χ1) is 14.6. The Morgan fingerprint density at radius 1 is 1.00 bits per heavy atom. The monoisotopic (exact) mass is 414 g/mol. The van der Waals surface area contributed by atoms with Gasteiger partial charge in [0.05, 0.1) is 24.4 Å². The molecule has 0 radical (unpaired) electrons. The van der Waals surface area contributed by atoms with Crippen molar-refractivity contribution in [3.8, 4) is 17.5 Å². The highest BCUT2D eigenvalue weighted by atomic mass is 32.2. The minimum atomic E-state index is -0.260. The van der Waals surface area contributed by atoms with Gasteiger partial charge in [-0.1, -0.05) is 71.9 Å². The number of hydrogen-bond acceptors (Lipinski definition) is 5.